The van der Waals surface area contributed by atoms with Crippen LogP contribution in [-0.4, -0.2) is 17.3 Å². The Morgan fingerprint density at radius 2 is 2.06 bits per heavy atom. The Balaban J connectivity index is 3.20. The molecule has 0 fully saturated rings. The van der Waals surface area contributed by atoms with E-state index in [0.717, 1.165) is 11.5 Å². The van der Waals surface area contributed by atoms with Gasteiger partial charge in [-0.2, -0.15) is 0 Å². The maximum absolute atomic E-state index is 9.19. The largest absolute Gasteiger partial charge is 0.487 e. The minimum absolute atomic E-state index is 0.00630. The molecule has 17 heavy (non-hydrogen) atoms. The maximum Gasteiger partial charge on any atom is 0.136 e. The third kappa shape index (κ3) is 3.51. The van der Waals surface area contributed by atoms with Gasteiger partial charge in [-0.25, -0.2) is 0 Å². The highest BCUT2D eigenvalue weighted by atomic mass is 16.5. The summed E-state index contributed by atoms with van der Waals surface area (Å²) in [5.41, 5.74) is 1.28. The van der Waals surface area contributed by atoms with Crippen LogP contribution in [0.5, 0.6) is 5.75 Å². The lowest BCUT2D eigenvalue weighted by molar-refractivity contribution is 0.130. The summed E-state index contributed by atoms with van der Waals surface area (Å²) >= 11 is 0. The third-order valence-corrected chi connectivity index (χ3v) is 2.28. The summed E-state index contributed by atoms with van der Waals surface area (Å²) < 4.78 is 5.82. The van der Waals surface area contributed by atoms with E-state index in [2.05, 4.69) is 5.92 Å². The van der Waals surface area contributed by atoms with Gasteiger partial charge < -0.3 is 9.84 Å². The van der Waals surface area contributed by atoms with Gasteiger partial charge in [0.05, 0.1) is 12.2 Å². The van der Waals surface area contributed by atoms with E-state index in [1.54, 1.807) is 0 Å². The lowest BCUT2D eigenvalue weighted by Crippen LogP contribution is -2.23. The van der Waals surface area contributed by atoms with Crippen molar-refractivity contribution < 1.29 is 9.84 Å². The molecule has 0 spiro atoms. The second kappa shape index (κ2) is 5.25. The second-order valence-corrected chi connectivity index (χ2v) is 4.98. The summed E-state index contributed by atoms with van der Waals surface area (Å²) in [5, 5.41) is 9.19. The highest BCUT2D eigenvalue weighted by Crippen LogP contribution is 2.29. The number of benzene rings is 1. The highest BCUT2D eigenvalue weighted by Gasteiger charge is 2.18. The smallest absolute Gasteiger partial charge is 0.136 e. The number of hydrogen-bond acceptors (Lipinski definition) is 2. The third-order valence-electron chi connectivity index (χ3n) is 2.28. The fourth-order valence-corrected chi connectivity index (χ4v) is 1.54. The van der Waals surface area contributed by atoms with Gasteiger partial charge in [-0.05, 0) is 32.4 Å². The quantitative estimate of drug-likeness (QED) is 0.811. The first-order chi connectivity index (χ1) is 7.89. The van der Waals surface area contributed by atoms with Crippen molar-refractivity contribution in [3.05, 3.63) is 35.2 Å². The maximum atomic E-state index is 9.19. The lowest BCUT2D eigenvalue weighted by Gasteiger charge is -2.23. The molecular formula is C15H19O2. The molecule has 0 bridgehead atoms. The Labute approximate surface area is 104 Å². The number of aliphatic hydroxyl groups excluding tert-OH is 1. The number of ether oxygens (including phenoxy) is 1. The fraction of sp³-hybridized carbons (Fsp3) is 0.400. The van der Waals surface area contributed by atoms with Crippen molar-refractivity contribution in [2.45, 2.75) is 33.3 Å². The van der Waals surface area contributed by atoms with Crippen LogP contribution in [0.2, 0.25) is 0 Å². The summed E-state index contributed by atoms with van der Waals surface area (Å²) in [6.07, 6.45) is 5.54. The van der Waals surface area contributed by atoms with E-state index in [1.807, 2.05) is 45.9 Å². The zero-order chi connectivity index (χ0) is 13.1. The van der Waals surface area contributed by atoms with Gasteiger partial charge in [-0.1, -0.05) is 25.0 Å². The molecule has 0 amide bonds. The van der Waals surface area contributed by atoms with E-state index in [0.29, 0.717) is 11.3 Å². The van der Waals surface area contributed by atoms with Crippen molar-refractivity contribution in [1.82, 2.24) is 0 Å². The van der Waals surface area contributed by atoms with E-state index < -0.39 is 0 Å². The number of rotatable bonds is 3. The second-order valence-electron chi connectivity index (χ2n) is 4.98. The van der Waals surface area contributed by atoms with Gasteiger partial charge >= 0.3 is 0 Å². The van der Waals surface area contributed by atoms with Crippen LogP contribution in [0.15, 0.2) is 18.2 Å². The molecule has 1 radical (unpaired) electrons. The first kappa shape index (κ1) is 13.6. The van der Waals surface area contributed by atoms with Crippen LogP contribution in [0.3, 0.4) is 0 Å². The monoisotopic (exact) mass is 231 g/mol. The molecule has 0 aliphatic rings. The van der Waals surface area contributed by atoms with Gasteiger partial charge in [-0.15, -0.1) is 6.42 Å². The van der Waals surface area contributed by atoms with Gasteiger partial charge in [0.1, 0.15) is 11.4 Å². The van der Waals surface area contributed by atoms with Crippen LogP contribution in [0, 0.1) is 18.3 Å². The molecule has 0 atom stereocenters. The van der Waals surface area contributed by atoms with Crippen molar-refractivity contribution >= 4 is 0 Å². The molecule has 0 saturated carbocycles. The molecular weight excluding hydrogens is 212 g/mol. The molecule has 0 unspecified atom stereocenters. The van der Waals surface area contributed by atoms with Gasteiger partial charge in [0.25, 0.3) is 0 Å². The molecule has 1 N–H and O–H groups in total. The molecule has 0 heterocycles. The summed E-state index contributed by atoms with van der Waals surface area (Å²) in [6.45, 7) is 7.78. The van der Waals surface area contributed by atoms with Crippen LogP contribution in [-0.2, 0) is 0 Å². The minimum atomic E-state index is -0.294. The van der Waals surface area contributed by atoms with Crippen molar-refractivity contribution in [3.63, 3.8) is 0 Å². The van der Waals surface area contributed by atoms with Crippen molar-refractivity contribution in [1.29, 1.82) is 0 Å². The summed E-state index contributed by atoms with van der Waals surface area (Å²) in [6, 6.07) is 5.64. The van der Waals surface area contributed by atoms with Gasteiger partial charge in [-0.3, -0.25) is 0 Å². The van der Waals surface area contributed by atoms with E-state index in [-0.39, 0.29) is 12.2 Å². The SMILES string of the molecule is C#Cc1c(OC(C)(C)C)cccc1[C](C)CO. The van der Waals surface area contributed by atoms with Crippen LogP contribution >= 0.6 is 0 Å². The highest BCUT2D eigenvalue weighted by molar-refractivity contribution is 5.55. The average Bonchev–Trinajstić information content (AvgIpc) is 2.25. The molecule has 1 rings (SSSR count). The van der Waals surface area contributed by atoms with Gasteiger partial charge in [0, 0.05) is 5.92 Å². The van der Waals surface area contributed by atoms with Crippen LogP contribution in [0.4, 0.5) is 0 Å². The number of terminal acetylenes is 1. The van der Waals surface area contributed by atoms with Crippen LogP contribution in [0.25, 0.3) is 0 Å². The van der Waals surface area contributed by atoms with Crippen LogP contribution in [0.1, 0.15) is 38.8 Å². The predicted octanol–water partition coefficient (Wildman–Crippen LogP) is 2.78. The Bertz CT molecular complexity index is 422. The fourth-order valence-electron chi connectivity index (χ4n) is 1.54. The minimum Gasteiger partial charge on any atom is -0.487 e. The summed E-state index contributed by atoms with van der Waals surface area (Å²) in [4.78, 5) is 0. The first-order valence-electron chi connectivity index (χ1n) is 5.61. The molecule has 0 aromatic heterocycles. The standard InChI is InChI=1S/C15H19O2/c1-6-12-13(11(2)10-16)8-7-9-14(12)17-15(3,4)5/h1,7-9,16H,10H2,2-5H3. The lowest BCUT2D eigenvalue weighted by atomic mass is 9.96. The molecule has 1 aromatic carbocycles. The molecule has 2 heteroatoms. The van der Waals surface area contributed by atoms with Crippen molar-refractivity contribution in [2.24, 2.45) is 0 Å². The summed E-state index contributed by atoms with van der Waals surface area (Å²) in [5.74, 6) is 4.18. The zero-order valence-corrected chi connectivity index (χ0v) is 10.9. The van der Waals surface area contributed by atoms with E-state index >= 15 is 0 Å². The molecule has 1 aromatic rings. The Hall–Kier alpha value is -1.46. The Morgan fingerprint density at radius 1 is 1.41 bits per heavy atom. The topological polar surface area (TPSA) is 29.5 Å². The molecule has 0 aliphatic heterocycles. The number of aliphatic hydroxyl groups is 1. The average molecular weight is 231 g/mol. The molecule has 0 aliphatic carbocycles. The Kier molecular flexibility index (Phi) is 4.20. The summed E-state index contributed by atoms with van der Waals surface area (Å²) in [7, 11) is 0. The zero-order valence-electron chi connectivity index (χ0n) is 10.9. The van der Waals surface area contributed by atoms with E-state index in [4.69, 9.17) is 11.2 Å². The van der Waals surface area contributed by atoms with E-state index in [1.165, 1.54) is 0 Å². The first-order valence-corrected chi connectivity index (χ1v) is 5.61. The predicted molar refractivity (Wildman–Crippen MR) is 69.9 cm³/mol. The normalized spacial score (nSPS) is 11.4. The molecule has 91 valence electrons. The van der Waals surface area contributed by atoms with Gasteiger partial charge in [0.2, 0.25) is 0 Å². The van der Waals surface area contributed by atoms with E-state index in [9.17, 15) is 5.11 Å². The molecule has 2 nitrogen and oxygen atoms in total. The van der Waals surface area contributed by atoms with Crippen molar-refractivity contribution in [2.75, 3.05) is 6.61 Å². The Morgan fingerprint density at radius 3 is 2.53 bits per heavy atom. The molecule has 0 saturated heterocycles. The number of hydrogen-bond donors (Lipinski definition) is 1. The van der Waals surface area contributed by atoms with Crippen LogP contribution < -0.4 is 4.74 Å². The van der Waals surface area contributed by atoms with Gasteiger partial charge in [0.15, 0.2) is 0 Å². The van der Waals surface area contributed by atoms with Crippen molar-refractivity contribution in [3.8, 4) is 18.1 Å².